The summed E-state index contributed by atoms with van der Waals surface area (Å²) in [5.41, 5.74) is 2.25. The fraction of sp³-hybridized carbons (Fsp3) is 0.409. The van der Waals surface area contributed by atoms with Gasteiger partial charge in [-0.3, -0.25) is 4.79 Å². The Morgan fingerprint density at radius 2 is 1.77 bits per heavy atom. The van der Waals surface area contributed by atoms with E-state index >= 15 is 0 Å². The summed E-state index contributed by atoms with van der Waals surface area (Å²) in [6.45, 7) is 4.35. The smallest absolute Gasteiger partial charge is 0.227 e. The van der Waals surface area contributed by atoms with Gasteiger partial charge >= 0.3 is 0 Å². The Kier molecular flexibility index (Phi) is 6.16. The van der Waals surface area contributed by atoms with Gasteiger partial charge in [0.05, 0.1) is 20.1 Å². The van der Waals surface area contributed by atoms with E-state index in [9.17, 15) is 4.79 Å². The van der Waals surface area contributed by atoms with E-state index in [1.54, 1.807) is 7.11 Å². The predicted molar refractivity (Wildman–Crippen MR) is 103 cm³/mol. The first-order valence-electron chi connectivity index (χ1n) is 9.24. The van der Waals surface area contributed by atoms with Gasteiger partial charge in [-0.05, 0) is 49.6 Å². The molecule has 1 heterocycles. The molecular formula is C22H27NO3. The third-order valence-electron chi connectivity index (χ3n) is 4.89. The number of ether oxygens (including phenoxy) is 2. The summed E-state index contributed by atoms with van der Waals surface area (Å²) < 4.78 is 11.1. The van der Waals surface area contributed by atoms with Gasteiger partial charge in [-0.15, -0.1) is 0 Å². The van der Waals surface area contributed by atoms with Crippen LogP contribution in [-0.2, 0) is 11.2 Å². The summed E-state index contributed by atoms with van der Waals surface area (Å²) in [6.07, 6.45) is 2.59. The van der Waals surface area contributed by atoms with Crippen LogP contribution >= 0.6 is 0 Å². The molecule has 4 heteroatoms. The second-order valence-corrected chi connectivity index (χ2v) is 7.00. The number of rotatable bonds is 6. The second-order valence-electron chi connectivity index (χ2n) is 7.00. The molecule has 3 rings (SSSR count). The monoisotopic (exact) mass is 353 g/mol. The number of piperidine rings is 1. The molecule has 1 unspecified atom stereocenters. The molecule has 0 N–H and O–H groups in total. The van der Waals surface area contributed by atoms with Crippen molar-refractivity contribution in [3.05, 3.63) is 59.7 Å². The van der Waals surface area contributed by atoms with Gasteiger partial charge in [0.25, 0.3) is 0 Å². The minimum absolute atomic E-state index is 0.190. The molecular weight excluding hydrogens is 326 g/mol. The van der Waals surface area contributed by atoms with Gasteiger partial charge < -0.3 is 14.4 Å². The zero-order valence-electron chi connectivity index (χ0n) is 15.6. The first kappa shape index (κ1) is 18.3. The highest BCUT2D eigenvalue weighted by Crippen LogP contribution is 2.20. The summed E-state index contributed by atoms with van der Waals surface area (Å²) in [7, 11) is 1.65. The average molecular weight is 353 g/mol. The number of likely N-dealkylation sites (tertiary alicyclic amines) is 1. The summed E-state index contributed by atoms with van der Waals surface area (Å²) in [5.74, 6) is 2.30. The minimum atomic E-state index is 0.190. The lowest BCUT2D eigenvalue weighted by Crippen LogP contribution is -2.42. The number of benzene rings is 2. The van der Waals surface area contributed by atoms with Gasteiger partial charge in [-0.2, -0.15) is 0 Å². The van der Waals surface area contributed by atoms with Gasteiger partial charge in [0.2, 0.25) is 5.91 Å². The van der Waals surface area contributed by atoms with Crippen LogP contribution < -0.4 is 9.47 Å². The van der Waals surface area contributed by atoms with Crippen LogP contribution in [0.2, 0.25) is 0 Å². The number of carbonyl (C=O) groups is 1. The molecule has 0 aliphatic carbocycles. The standard InChI is InChI=1S/C22H27NO3/c1-17-5-9-21(10-6-17)26-16-19-4-3-13-23(15-19)22(24)14-18-7-11-20(25-2)12-8-18/h5-12,19H,3-4,13-16H2,1-2H3. The molecule has 0 saturated carbocycles. The summed E-state index contributed by atoms with van der Waals surface area (Å²) >= 11 is 0. The van der Waals surface area contributed by atoms with Crippen LogP contribution in [0.4, 0.5) is 0 Å². The first-order chi connectivity index (χ1) is 12.6. The molecule has 0 radical (unpaired) electrons. The summed E-state index contributed by atoms with van der Waals surface area (Å²) in [4.78, 5) is 14.6. The Hall–Kier alpha value is -2.49. The van der Waals surface area contributed by atoms with E-state index in [-0.39, 0.29) is 5.91 Å². The molecule has 26 heavy (non-hydrogen) atoms. The van der Waals surface area contributed by atoms with E-state index in [4.69, 9.17) is 9.47 Å². The predicted octanol–water partition coefficient (Wildman–Crippen LogP) is 3.86. The number of aryl methyl sites for hydroxylation is 1. The number of hydrogen-bond acceptors (Lipinski definition) is 3. The number of nitrogens with zero attached hydrogens (tertiary/aromatic N) is 1. The Labute approximate surface area is 155 Å². The fourth-order valence-electron chi connectivity index (χ4n) is 3.31. The van der Waals surface area contributed by atoms with Crippen molar-refractivity contribution >= 4 is 5.91 Å². The van der Waals surface area contributed by atoms with Crippen molar-refractivity contribution < 1.29 is 14.3 Å². The molecule has 0 aromatic heterocycles. The van der Waals surface area contributed by atoms with E-state index in [1.807, 2.05) is 41.3 Å². The van der Waals surface area contributed by atoms with Crippen LogP contribution in [0, 0.1) is 12.8 Å². The van der Waals surface area contributed by atoms with Crippen molar-refractivity contribution in [2.45, 2.75) is 26.2 Å². The number of carbonyl (C=O) groups excluding carboxylic acids is 1. The molecule has 0 bridgehead atoms. The molecule has 0 spiro atoms. The van der Waals surface area contributed by atoms with Crippen LogP contribution in [0.3, 0.4) is 0 Å². The van der Waals surface area contributed by atoms with Gasteiger partial charge in [0.1, 0.15) is 11.5 Å². The molecule has 4 nitrogen and oxygen atoms in total. The molecule has 1 atom stereocenters. The maximum atomic E-state index is 12.6. The number of hydrogen-bond donors (Lipinski definition) is 0. The zero-order chi connectivity index (χ0) is 18.4. The van der Waals surface area contributed by atoms with Gasteiger partial charge in [0, 0.05) is 19.0 Å². The van der Waals surface area contributed by atoms with E-state index in [0.29, 0.717) is 18.9 Å². The Bertz CT molecular complexity index is 709. The van der Waals surface area contributed by atoms with Crippen molar-refractivity contribution in [3.63, 3.8) is 0 Å². The van der Waals surface area contributed by atoms with E-state index in [0.717, 1.165) is 43.0 Å². The lowest BCUT2D eigenvalue weighted by atomic mass is 9.98. The highest BCUT2D eigenvalue weighted by Gasteiger charge is 2.24. The van der Waals surface area contributed by atoms with E-state index < -0.39 is 0 Å². The lowest BCUT2D eigenvalue weighted by Gasteiger charge is -2.32. The highest BCUT2D eigenvalue weighted by molar-refractivity contribution is 5.78. The van der Waals surface area contributed by atoms with Crippen LogP contribution in [-0.4, -0.2) is 37.6 Å². The van der Waals surface area contributed by atoms with Crippen molar-refractivity contribution in [2.24, 2.45) is 5.92 Å². The van der Waals surface area contributed by atoms with Gasteiger partial charge in [-0.25, -0.2) is 0 Å². The van der Waals surface area contributed by atoms with Crippen molar-refractivity contribution in [3.8, 4) is 11.5 Å². The quantitative estimate of drug-likeness (QED) is 0.791. The van der Waals surface area contributed by atoms with Gasteiger partial charge in [0.15, 0.2) is 0 Å². The van der Waals surface area contributed by atoms with Crippen LogP contribution in [0.15, 0.2) is 48.5 Å². The highest BCUT2D eigenvalue weighted by atomic mass is 16.5. The van der Waals surface area contributed by atoms with Crippen molar-refractivity contribution in [2.75, 3.05) is 26.8 Å². The van der Waals surface area contributed by atoms with Crippen LogP contribution in [0.25, 0.3) is 0 Å². The SMILES string of the molecule is COc1ccc(CC(=O)N2CCCC(COc3ccc(C)cc3)C2)cc1. The van der Waals surface area contributed by atoms with Crippen LogP contribution in [0.5, 0.6) is 11.5 Å². The summed E-state index contributed by atoms with van der Waals surface area (Å²) in [5, 5.41) is 0. The summed E-state index contributed by atoms with van der Waals surface area (Å²) in [6, 6.07) is 15.8. The van der Waals surface area contributed by atoms with Gasteiger partial charge in [-0.1, -0.05) is 29.8 Å². The lowest BCUT2D eigenvalue weighted by molar-refractivity contribution is -0.132. The van der Waals surface area contributed by atoms with Crippen LogP contribution in [0.1, 0.15) is 24.0 Å². The molecule has 2 aromatic carbocycles. The fourth-order valence-corrected chi connectivity index (χ4v) is 3.31. The maximum Gasteiger partial charge on any atom is 0.227 e. The van der Waals surface area contributed by atoms with E-state index in [2.05, 4.69) is 19.1 Å². The Balaban J connectivity index is 1.50. The van der Waals surface area contributed by atoms with Crippen molar-refractivity contribution in [1.29, 1.82) is 0 Å². The minimum Gasteiger partial charge on any atom is -0.497 e. The normalized spacial score (nSPS) is 17.0. The molecule has 2 aromatic rings. The average Bonchev–Trinajstić information content (AvgIpc) is 2.68. The molecule has 1 aliphatic rings. The molecule has 1 saturated heterocycles. The second kappa shape index (κ2) is 8.75. The number of methoxy groups -OCH3 is 1. The molecule has 138 valence electrons. The zero-order valence-corrected chi connectivity index (χ0v) is 15.6. The molecule has 1 fully saturated rings. The third kappa shape index (κ3) is 5.01. The first-order valence-corrected chi connectivity index (χ1v) is 9.24. The third-order valence-corrected chi connectivity index (χ3v) is 4.89. The number of amides is 1. The Morgan fingerprint density at radius 3 is 2.46 bits per heavy atom. The topological polar surface area (TPSA) is 38.8 Å². The maximum absolute atomic E-state index is 12.6. The molecule has 1 amide bonds. The Morgan fingerprint density at radius 1 is 1.08 bits per heavy atom. The largest absolute Gasteiger partial charge is 0.497 e. The van der Waals surface area contributed by atoms with E-state index in [1.165, 1.54) is 5.56 Å². The molecule has 1 aliphatic heterocycles. The van der Waals surface area contributed by atoms with Crippen molar-refractivity contribution in [1.82, 2.24) is 4.90 Å².